The van der Waals surface area contributed by atoms with Gasteiger partial charge in [0.15, 0.2) is 11.5 Å². The minimum atomic E-state index is -1.02. The molecule has 0 aromatic carbocycles. The fraction of sp³-hybridized carbons (Fsp3) is 0.286. The van der Waals surface area contributed by atoms with E-state index in [0.717, 1.165) is 23.4 Å². The molecule has 0 aliphatic carbocycles. The third-order valence-electron chi connectivity index (χ3n) is 3.42. The van der Waals surface area contributed by atoms with Crippen molar-refractivity contribution in [1.82, 2.24) is 20.3 Å². The number of rotatable bonds is 2. The highest BCUT2D eigenvalue weighted by Gasteiger charge is 2.22. The van der Waals surface area contributed by atoms with Gasteiger partial charge in [-0.25, -0.2) is 14.8 Å². The van der Waals surface area contributed by atoms with Crippen LogP contribution in [0.1, 0.15) is 27.3 Å². The Morgan fingerprint density at radius 3 is 3.00 bits per heavy atom. The lowest BCUT2D eigenvalue weighted by atomic mass is 10.0. The Morgan fingerprint density at radius 2 is 2.25 bits per heavy atom. The summed E-state index contributed by atoms with van der Waals surface area (Å²) in [5.41, 5.74) is 3.34. The number of carboxylic acid groups (broad SMARTS) is 1. The molecular formula is C14H14N4O2. The van der Waals surface area contributed by atoms with Crippen LogP contribution in [-0.4, -0.2) is 32.6 Å². The fourth-order valence-corrected chi connectivity index (χ4v) is 2.34. The predicted octanol–water partition coefficient (Wildman–Crippen LogP) is 1.19. The molecule has 0 radical (unpaired) electrons. The van der Waals surface area contributed by atoms with Crippen LogP contribution in [-0.2, 0) is 13.0 Å². The first-order valence-corrected chi connectivity index (χ1v) is 6.41. The van der Waals surface area contributed by atoms with Gasteiger partial charge in [-0.2, -0.15) is 0 Å². The SMILES string of the molecule is Cc1ccncc1-c1nc2c(c(C(=O)O)n1)CNCC2. The monoisotopic (exact) mass is 270 g/mol. The Labute approximate surface area is 115 Å². The van der Waals surface area contributed by atoms with E-state index >= 15 is 0 Å². The molecule has 0 bridgehead atoms. The Morgan fingerprint density at radius 1 is 1.40 bits per heavy atom. The van der Waals surface area contributed by atoms with E-state index in [4.69, 9.17) is 0 Å². The average Bonchev–Trinajstić information content (AvgIpc) is 2.46. The first kappa shape index (κ1) is 12.7. The number of hydrogen-bond donors (Lipinski definition) is 2. The molecule has 0 fully saturated rings. The second-order valence-electron chi connectivity index (χ2n) is 4.74. The van der Waals surface area contributed by atoms with Gasteiger partial charge in [0, 0.05) is 43.0 Å². The van der Waals surface area contributed by atoms with Gasteiger partial charge in [0.25, 0.3) is 0 Å². The van der Waals surface area contributed by atoms with Gasteiger partial charge < -0.3 is 10.4 Å². The quantitative estimate of drug-likeness (QED) is 0.852. The molecule has 6 heteroatoms. The van der Waals surface area contributed by atoms with Crippen LogP contribution in [0.2, 0.25) is 0 Å². The molecule has 1 aliphatic rings. The topological polar surface area (TPSA) is 88.0 Å². The van der Waals surface area contributed by atoms with Crippen molar-refractivity contribution < 1.29 is 9.90 Å². The first-order valence-electron chi connectivity index (χ1n) is 6.41. The third-order valence-corrected chi connectivity index (χ3v) is 3.42. The molecule has 6 nitrogen and oxygen atoms in total. The maximum absolute atomic E-state index is 11.4. The predicted molar refractivity (Wildman–Crippen MR) is 72.4 cm³/mol. The van der Waals surface area contributed by atoms with Gasteiger partial charge in [-0.1, -0.05) is 0 Å². The van der Waals surface area contributed by atoms with Gasteiger partial charge in [-0.15, -0.1) is 0 Å². The maximum atomic E-state index is 11.4. The smallest absolute Gasteiger partial charge is 0.354 e. The molecule has 102 valence electrons. The Kier molecular flexibility index (Phi) is 3.15. The van der Waals surface area contributed by atoms with Crippen LogP contribution < -0.4 is 5.32 Å². The molecule has 0 unspecified atom stereocenters. The summed E-state index contributed by atoms with van der Waals surface area (Å²) >= 11 is 0. The van der Waals surface area contributed by atoms with Crippen LogP contribution in [0.5, 0.6) is 0 Å². The van der Waals surface area contributed by atoms with Crippen LogP contribution in [0.4, 0.5) is 0 Å². The minimum Gasteiger partial charge on any atom is -0.476 e. The van der Waals surface area contributed by atoms with Crippen molar-refractivity contribution in [2.75, 3.05) is 6.54 Å². The summed E-state index contributed by atoms with van der Waals surface area (Å²) in [6.07, 6.45) is 4.08. The van der Waals surface area contributed by atoms with Gasteiger partial charge in [-0.3, -0.25) is 4.98 Å². The number of aromatic carboxylic acids is 1. The summed E-state index contributed by atoms with van der Waals surface area (Å²) in [7, 11) is 0. The van der Waals surface area contributed by atoms with Crippen LogP contribution >= 0.6 is 0 Å². The van der Waals surface area contributed by atoms with Gasteiger partial charge in [0.1, 0.15) is 0 Å². The number of hydrogen-bond acceptors (Lipinski definition) is 5. The second-order valence-corrected chi connectivity index (χ2v) is 4.74. The first-order chi connectivity index (χ1) is 9.66. The number of aryl methyl sites for hydroxylation is 1. The van der Waals surface area contributed by atoms with E-state index in [9.17, 15) is 9.90 Å². The Bertz CT molecular complexity index is 685. The van der Waals surface area contributed by atoms with E-state index in [0.29, 0.717) is 24.4 Å². The van der Waals surface area contributed by atoms with Crippen molar-refractivity contribution in [2.45, 2.75) is 19.9 Å². The van der Waals surface area contributed by atoms with E-state index in [1.54, 1.807) is 12.4 Å². The van der Waals surface area contributed by atoms with E-state index < -0.39 is 5.97 Å². The molecular weight excluding hydrogens is 256 g/mol. The lowest BCUT2D eigenvalue weighted by molar-refractivity contribution is 0.0688. The van der Waals surface area contributed by atoms with Crippen LogP contribution in [0, 0.1) is 6.92 Å². The summed E-state index contributed by atoms with van der Waals surface area (Å²) in [5.74, 6) is -0.580. The van der Waals surface area contributed by atoms with Gasteiger partial charge in [-0.05, 0) is 18.6 Å². The number of aromatic nitrogens is 3. The van der Waals surface area contributed by atoms with E-state index in [1.165, 1.54) is 0 Å². The number of nitrogens with one attached hydrogen (secondary N) is 1. The Hall–Kier alpha value is -2.34. The molecule has 2 N–H and O–H groups in total. The fourth-order valence-electron chi connectivity index (χ4n) is 2.34. The minimum absolute atomic E-state index is 0.0838. The summed E-state index contributed by atoms with van der Waals surface area (Å²) in [5, 5.41) is 12.5. The van der Waals surface area contributed by atoms with Gasteiger partial charge in [0.05, 0.1) is 5.69 Å². The van der Waals surface area contributed by atoms with Crippen LogP contribution in [0.3, 0.4) is 0 Å². The zero-order valence-electron chi connectivity index (χ0n) is 11.1. The van der Waals surface area contributed by atoms with Crippen molar-refractivity contribution in [1.29, 1.82) is 0 Å². The van der Waals surface area contributed by atoms with Crippen molar-refractivity contribution >= 4 is 5.97 Å². The van der Waals surface area contributed by atoms with E-state index in [1.807, 2.05) is 13.0 Å². The van der Waals surface area contributed by atoms with Crippen molar-refractivity contribution in [3.8, 4) is 11.4 Å². The van der Waals surface area contributed by atoms with Crippen LogP contribution in [0.25, 0.3) is 11.4 Å². The molecule has 0 atom stereocenters. The molecule has 1 aliphatic heterocycles. The number of nitrogens with zero attached hydrogens (tertiary/aromatic N) is 3. The highest BCUT2D eigenvalue weighted by atomic mass is 16.4. The molecule has 2 aromatic heterocycles. The lowest BCUT2D eigenvalue weighted by Crippen LogP contribution is -2.28. The lowest BCUT2D eigenvalue weighted by Gasteiger charge is -2.18. The normalized spacial score (nSPS) is 13.8. The summed E-state index contributed by atoms with van der Waals surface area (Å²) in [6, 6.07) is 1.86. The largest absolute Gasteiger partial charge is 0.476 e. The Balaban J connectivity index is 2.20. The number of carbonyl (C=O) groups is 1. The third kappa shape index (κ3) is 2.14. The highest BCUT2D eigenvalue weighted by Crippen LogP contribution is 2.23. The van der Waals surface area contributed by atoms with E-state index in [-0.39, 0.29) is 5.69 Å². The zero-order chi connectivity index (χ0) is 14.1. The van der Waals surface area contributed by atoms with E-state index in [2.05, 4.69) is 20.3 Å². The summed E-state index contributed by atoms with van der Waals surface area (Å²) in [4.78, 5) is 24.2. The average molecular weight is 270 g/mol. The molecule has 0 saturated heterocycles. The van der Waals surface area contributed by atoms with Gasteiger partial charge in [0.2, 0.25) is 0 Å². The molecule has 3 heterocycles. The molecule has 0 amide bonds. The number of pyridine rings is 1. The molecule has 0 spiro atoms. The summed E-state index contributed by atoms with van der Waals surface area (Å²) in [6.45, 7) is 3.24. The van der Waals surface area contributed by atoms with Crippen molar-refractivity contribution in [3.05, 3.63) is 41.0 Å². The maximum Gasteiger partial charge on any atom is 0.354 e. The van der Waals surface area contributed by atoms with Crippen LogP contribution in [0.15, 0.2) is 18.5 Å². The second kappa shape index (κ2) is 4.97. The number of fused-ring (bicyclic) bond motifs is 1. The van der Waals surface area contributed by atoms with Crippen molar-refractivity contribution in [2.24, 2.45) is 0 Å². The van der Waals surface area contributed by atoms with Crippen molar-refractivity contribution in [3.63, 3.8) is 0 Å². The number of carboxylic acids is 1. The molecule has 2 aromatic rings. The molecule has 0 saturated carbocycles. The zero-order valence-corrected chi connectivity index (χ0v) is 11.1. The standard InChI is InChI=1S/C14H14N4O2/c1-8-2-4-15-6-9(8)13-17-11-3-5-16-7-10(11)12(18-13)14(19)20/h2,4,6,16H,3,5,7H2,1H3,(H,19,20). The summed E-state index contributed by atoms with van der Waals surface area (Å²) < 4.78 is 0. The molecule has 3 rings (SSSR count). The van der Waals surface area contributed by atoms with Gasteiger partial charge >= 0.3 is 5.97 Å². The highest BCUT2D eigenvalue weighted by molar-refractivity contribution is 5.88. The molecule has 20 heavy (non-hydrogen) atoms.